The lowest BCUT2D eigenvalue weighted by Gasteiger charge is -2.25. The molecule has 0 aromatic carbocycles. The highest BCUT2D eigenvalue weighted by molar-refractivity contribution is 7.89. The zero-order chi connectivity index (χ0) is 13.0. The van der Waals surface area contributed by atoms with Gasteiger partial charge in [-0.3, -0.25) is 4.79 Å². The highest BCUT2D eigenvalue weighted by Gasteiger charge is 2.27. The molecule has 0 saturated heterocycles. The number of carbonyl (C=O) groups is 1. The van der Waals surface area contributed by atoms with Gasteiger partial charge in [-0.25, -0.2) is 12.7 Å². The molecule has 0 bridgehead atoms. The summed E-state index contributed by atoms with van der Waals surface area (Å²) in [7, 11) is -3.36. The molecule has 6 heteroatoms. The molecule has 0 amide bonds. The molecule has 0 spiro atoms. The Balaban J connectivity index is 4.62. The van der Waals surface area contributed by atoms with E-state index in [0.717, 1.165) is 0 Å². The number of hydrogen-bond donors (Lipinski definition) is 1. The highest BCUT2D eigenvalue weighted by Crippen LogP contribution is 2.18. The molecule has 0 rings (SSSR count). The van der Waals surface area contributed by atoms with Gasteiger partial charge in [-0.05, 0) is 5.41 Å². The maximum Gasteiger partial charge on any atom is 0.304 e. The molecule has 0 aromatic rings. The van der Waals surface area contributed by atoms with E-state index in [1.807, 2.05) is 20.8 Å². The quantitative estimate of drug-likeness (QED) is 0.768. The SMILES string of the molecule is CCN(CCC(=O)O)S(=O)(=O)CC(C)(C)C. The van der Waals surface area contributed by atoms with Crippen molar-refractivity contribution in [2.24, 2.45) is 5.41 Å². The van der Waals surface area contributed by atoms with Crippen LogP contribution < -0.4 is 0 Å². The molecule has 16 heavy (non-hydrogen) atoms. The van der Waals surface area contributed by atoms with Gasteiger partial charge in [0.15, 0.2) is 0 Å². The van der Waals surface area contributed by atoms with Crippen LogP contribution >= 0.6 is 0 Å². The number of aliphatic carboxylic acids is 1. The van der Waals surface area contributed by atoms with Crippen molar-refractivity contribution in [3.05, 3.63) is 0 Å². The van der Waals surface area contributed by atoms with E-state index in [0.29, 0.717) is 6.54 Å². The number of nitrogens with zero attached hydrogens (tertiary/aromatic N) is 1. The number of sulfonamides is 1. The van der Waals surface area contributed by atoms with Gasteiger partial charge in [0.2, 0.25) is 10.0 Å². The summed E-state index contributed by atoms with van der Waals surface area (Å²) < 4.78 is 25.1. The smallest absolute Gasteiger partial charge is 0.304 e. The first-order valence-corrected chi connectivity index (χ1v) is 6.89. The average molecular weight is 251 g/mol. The molecule has 0 radical (unpaired) electrons. The number of hydrogen-bond acceptors (Lipinski definition) is 3. The molecular weight excluding hydrogens is 230 g/mol. The molecule has 0 aliphatic rings. The molecule has 0 aliphatic carbocycles. The van der Waals surface area contributed by atoms with Crippen LogP contribution in [-0.4, -0.2) is 42.6 Å². The fourth-order valence-electron chi connectivity index (χ4n) is 1.35. The Hall–Kier alpha value is -0.620. The maximum absolute atomic E-state index is 11.9. The standard InChI is InChI=1S/C10H21NO4S/c1-5-11(7-6-9(12)13)16(14,15)8-10(2,3)4/h5-8H2,1-4H3,(H,12,13). The van der Waals surface area contributed by atoms with Crippen LogP contribution in [0.2, 0.25) is 0 Å². The minimum absolute atomic E-state index is 0.0352. The highest BCUT2D eigenvalue weighted by atomic mass is 32.2. The summed E-state index contributed by atoms with van der Waals surface area (Å²) in [5, 5.41) is 8.53. The molecule has 5 nitrogen and oxygen atoms in total. The zero-order valence-corrected chi connectivity index (χ0v) is 11.2. The monoisotopic (exact) mass is 251 g/mol. The van der Waals surface area contributed by atoms with Crippen LogP contribution in [0.1, 0.15) is 34.1 Å². The molecule has 0 unspecified atom stereocenters. The lowest BCUT2D eigenvalue weighted by Crippen LogP contribution is -2.38. The summed E-state index contributed by atoms with van der Waals surface area (Å²) in [5.41, 5.74) is -0.324. The van der Waals surface area contributed by atoms with Gasteiger partial charge in [-0.2, -0.15) is 0 Å². The summed E-state index contributed by atoms with van der Waals surface area (Å²) in [4.78, 5) is 10.4. The van der Waals surface area contributed by atoms with Crippen molar-refractivity contribution < 1.29 is 18.3 Å². The van der Waals surface area contributed by atoms with Crippen molar-refractivity contribution >= 4 is 16.0 Å². The van der Waals surface area contributed by atoms with Crippen molar-refractivity contribution in [3.63, 3.8) is 0 Å². The van der Waals surface area contributed by atoms with E-state index >= 15 is 0 Å². The van der Waals surface area contributed by atoms with Gasteiger partial charge in [0.1, 0.15) is 0 Å². The van der Waals surface area contributed by atoms with E-state index in [-0.39, 0.29) is 24.1 Å². The molecule has 0 aromatic heterocycles. The van der Waals surface area contributed by atoms with E-state index in [9.17, 15) is 13.2 Å². The minimum Gasteiger partial charge on any atom is -0.481 e. The van der Waals surface area contributed by atoms with Crippen molar-refractivity contribution in [1.29, 1.82) is 0 Å². The first kappa shape index (κ1) is 15.4. The van der Waals surface area contributed by atoms with Crippen molar-refractivity contribution in [2.75, 3.05) is 18.8 Å². The van der Waals surface area contributed by atoms with Crippen LogP contribution in [0.3, 0.4) is 0 Å². The second kappa shape index (κ2) is 5.63. The molecule has 0 fully saturated rings. The molecule has 0 aliphatic heterocycles. The Morgan fingerprint density at radius 3 is 2.12 bits per heavy atom. The zero-order valence-electron chi connectivity index (χ0n) is 10.4. The van der Waals surface area contributed by atoms with E-state index in [1.165, 1.54) is 4.31 Å². The second-order valence-electron chi connectivity index (χ2n) is 4.95. The van der Waals surface area contributed by atoms with Gasteiger partial charge in [0, 0.05) is 13.1 Å². The lowest BCUT2D eigenvalue weighted by atomic mass is 10.0. The molecule has 0 saturated carbocycles. The lowest BCUT2D eigenvalue weighted by molar-refractivity contribution is -0.137. The fraction of sp³-hybridized carbons (Fsp3) is 0.900. The van der Waals surface area contributed by atoms with Crippen LogP contribution in [0.5, 0.6) is 0 Å². The summed E-state index contributed by atoms with van der Waals surface area (Å²) in [6.45, 7) is 7.60. The normalized spacial score (nSPS) is 13.1. The number of rotatable bonds is 6. The molecule has 0 heterocycles. The van der Waals surface area contributed by atoms with Gasteiger partial charge < -0.3 is 5.11 Å². The Kier molecular flexibility index (Phi) is 5.41. The number of carboxylic acids is 1. The molecule has 1 N–H and O–H groups in total. The Morgan fingerprint density at radius 2 is 1.81 bits per heavy atom. The van der Waals surface area contributed by atoms with Crippen LogP contribution in [-0.2, 0) is 14.8 Å². The minimum atomic E-state index is -3.36. The van der Waals surface area contributed by atoms with Gasteiger partial charge in [0.25, 0.3) is 0 Å². The van der Waals surface area contributed by atoms with E-state index in [1.54, 1.807) is 6.92 Å². The maximum atomic E-state index is 11.9. The molecule has 96 valence electrons. The van der Waals surface area contributed by atoms with Gasteiger partial charge in [0.05, 0.1) is 12.2 Å². The van der Waals surface area contributed by atoms with Gasteiger partial charge >= 0.3 is 5.97 Å². The third kappa shape index (κ3) is 6.07. The first-order valence-electron chi connectivity index (χ1n) is 5.28. The van der Waals surface area contributed by atoms with Crippen LogP contribution in [0.25, 0.3) is 0 Å². The van der Waals surface area contributed by atoms with Crippen molar-refractivity contribution in [2.45, 2.75) is 34.1 Å². The van der Waals surface area contributed by atoms with Crippen molar-refractivity contribution in [3.8, 4) is 0 Å². The average Bonchev–Trinajstić information content (AvgIpc) is 1.98. The van der Waals surface area contributed by atoms with Crippen molar-refractivity contribution in [1.82, 2.24) is 4.31 Å². The van der Waals surface area contributed by atoms with Gasteiger partial charge in [-0.15, -0.1) is 0 Å². The Morgan fingerprint density at radius 1 is 1.31 bits per heavy atom. The van der Waals surface area contributed by atoms with Crippen LogP contribution in [0.4, 0.5) is 0 Å². The third-order valence-electron chi connectivity index (χ3n) is 1.94. The molecule has 0 atom stereocenters. The summed E-state index contributed by atoms with van der Waals surface area (Å²) in [6, 6.07) is 0. The Bertz CT molecular complexity index is 329. The topological polar surface area (TPSA) is 74.7 Å². The van der Waals surface area contributed by atoms with E-state index < -0.39 is 16.0 Å². The van der Waals surface area contributed by atoms with Crippen LogP contribution in [0.15, 0.2) is 0 Å². The second-order valence-corrected chi connectivity index (χ2v) is 6.92. The third-order valence-corrected chi connectivity index (χ3v) is 4.39. The van der Waals surface area contributed by atoms with E-state index in [4.69, 9.17) is 5.11 Å². The van der Waals surface area contributed by atoms with Gasteiger partial charge in [-0.1, -0.05) is 27.7 Å². The van der Waals surface area contributed by atoms with Crippen LogP contribution in [0, 0.1) is 5.41 Å². The predicted molar refractivity (Wildman–Crippen MR) is 62.7 cm³/mol. The Labute approximate surface area is 97.5 Å². The first-order chi connectivity index (χ1) is 7.08. The predicted octanol–water partition coefficient (Wildman–Crippen LogP) is 1.16. The summed E-state index contributed by atoms with van der Waals surface area (Å²) in [6.07, 6.45) is -0.156. The summed E-state index contributed by atoms with van der Waals surface area (Å²) >= 11 is 0. The van der Waals surface area contributed by atoms with E-state index in [2.05, 4.69) is 0 Å². The molecular formula is C10H21NO4S. The number of carboxylic acid groups (broad SMARTS) is 1. The summed E-state index contributed by atoms with van der Waals surface area (Å²) in [5.74, 6) is -0.947. The fourth-order valence-corrected chi connectivity index (χ4v) is 3.39. The largest absolute Gasteiger partial charge is 0.481 e.